The zero-order valence-corrected chi connectivity index (χ0v) is 22.7. The lowest BCUT2D eigenvalue weighted by atomic mass is 9.81. The van der Waals surface area contributed by atoms with E-state index in [1.54, 1.807) is 0 Å². The molecule has 0 bridgehead atoms. The molecule has 0 spiro atoms. The van der Waals surface area contributed by atoms with Gasteiger partial charge < -0.3 is 13.6 Å². The van der Waals surface area contributed by atoms with Gasteiger partial charge in [-0.2, -0.15) is 0 Å². The zero-order valence-electron chi connectivity index (χ0n) is 20.7. The molecular formula is C27H34O4Si2. The van der Waals surface area contributed by atoms with Crippen LogP contribution in [0.25, 0.3) is 0 Å². The van der Waals surface area contributed by atoms with Crippen molar-refractivity contribution in [2.24, 2.45) is 0 Å². The van der Waals surface area contributed by atoms with Crippen LogP contribution < -0.4 is 4.74 Å². The first-order valence-electron chi connectivity index (χ1n) is 11.5. The molecule has 2 aliphatic rings. The highest BCUT2D eigenvalue weighted by Gasteiger charge is 2.56. The van der Waals surface area contributed by atoms with Gasteiger partial charge in [0, 0.05) is 17.0 Å². The van der Waals surface area contributed by atoms with E-state index in [4.69, 9.17) is 13.6 Å². The van der Waals surface area contributed by atoms with E-state index in [0.29, 0.717) is 12.2 Å². The number of allylic oxidation sites excluding steroid dienone is 1. The summed E-state index contributed by atoms with van der Waals surface area (Å²) in [5, 5.41) is 0. The number of Topliss-reactive ketones (excluding diaryl/α,β-unsaturated/α-hetero) is 1. The van der Waals surface area contributed by atoms with E-state index in [2.05, 4.69) is 45.4 Å². The van der Waals surface area contributed by atoms with Crippen molar-refractivity contribution in [2.75, 3.05) is 0 Å². The number of carbonyl (C=O) groups is 1. The van der Waals surface area contributed by atoms with Crippen molar-refractivity contribution in [1.82, 2.24) is 0 Å². The smallest absolute Gasteiger partial charge is 0.242 e. The van der Waals surface area contributed by atoms with Crippen LogP contribution in [0.2, 0.25) is 39.3 Å². The fourth-order valence-corrected chi connectivity index (χ4v) is 6.80. The molecule has 0 saturated carbocycles. The lowest BCUT2D eigenvalue weighted by Crippen LogP contribution is -2.49. The number of hydrogen-bond donors (Lipinski definition) is 0. The number of ketones is 1. The van der Waals surface area contributed by atoms with Gasteiger partial charge in [0.2, 0.25) is 8.32 Å². The highest BCUT2D eigenvalue weighted by Crippen LogP contribution is 2.53. The Morgan fingerprint density at radius 3 is 2.24 bits per heavy atom. The van der Waals surface area contributed by atoms with E-state index < -0.39 is 22.2 Å². The van der Waals surface area contributed by atoms with E-state index in [-0.39, 0.29) is 11.7 Å². The molecule has 2 aromatic rings. The van der Waals surface area contributed by atoms with Gasteiger partial charge in [-0.15, -0.1) is 0 Å². The Hall–Kier alpha value is -2.42. The molecule has 0 heterocycles. The number of carbonyl (C=O) groups excluding carboxylic acids is 1. The van der Waals surface area contributed by atoms with Gasteiger partial charge in [0.15, 0.2) is 14.1 Å². The summed E-state index contributed by atoms with van der Waals surface area (Å²) in [6.45, 7) is 15.4. The van der Waals surface area contributed by atoms with Gasteiger partial charge in [0.25, 0.3) is 0 Å². The summed E-state index contributed by atoms with van der Waals surface area (Å²) in [6.07, 6.45) is 4.11. The van der Waals surface area contributed by atoms with Crippen molar-refractivity contribution < 1.29 is 18.4 Å². The topological polar surface area (TPSA) is 44.8 Å². The lowest BCUT2D eigenvalue weighted by Gasteiger charge is -2.40. The molecule has 0 radical (unpaired) electrons. The van der Waals surface area contributed by atoms with Crippen LogP contribution in [0.5, 0.6) is 5.75 Å². The fraction of sp³-hybridized carbons (Fsp3) is 0.370. The van der Waals surface area contributed by atoms with Crippen LogP contribution >= 0.6 is 0 Å². The number of benzene rings is 2. The minimum Gasteiger partial charge on any atom is -0.544 e. The Morgan fingerprint density at radius 1 is 0.909 bits per heavy atom. The molecule has 0 aromatic heterocycles. The molecule has 6 heteroatoms. The Balaban J connectivity index is 1.81. The van der Waals surface area contributed by atoms with Gasteiger partial charge in [0.05, 0.1) is 0 Å². The second-order valence-electron chi connectivity index (χ2n) is 10.9. The Labute approximate surface area is 199 Å². The molecule has 174 valence electrons. The number of fused-ring (bicyclic) bond motifs is 3. The van der Waals surface area contributed by atoms with Crippen molar-refractivity contribution in [1.29, 1.82) is 0 Å². The summed E-state index contributed by atoms with van der Waals surface area (Å²) in [5.74, 6) is 1.31. The Bertz CT molecular complexity index is 1120. The maximum absolute atomic E-state index is 13.9. The van der Waals surface area contributed by atoms with Crippen LogP contribution in [0.1, 0.15) is 34.3 Å². The van der Waals surface area contributed by atoms with Crippen LogP contribution in [0.4, 0.5) is 0 Å². The quantitative estimate of drug-likeness (QED) is 0.409. The summed E-state index contributed by atoms with van der Waals surface area (Å²) in [4.78, 5) is 13.9. The van der Waals surface area contributed by atoms with Crippen molar-refractivity contribution in [3.05, 3.63) is 88.7 Å². The Kier molecular flexibility index (Phi) is 6.05. The first-order chi connectivity index (χ1) is 15.4. The monoisotopic (exact) mass is 478 g/mol. The highest BCUT2D eigenvalue weighted by atomic mass is 28.4. The number of ether oxygens (including phenoxy) is 1. The third-order valence-electron chi connectivity index (χ3n) is 5.70. The van der Waals surface area contributed by atoms with Gasteiger partial charge in [-0.05, 0) is 75.6 Å². The molecule has 0 aliphatic heterocycles. The molecule has 0 saturated heterocycles. The largest absolute Gasteiger partial charge is 0.544 e. The molecule has 0 unspecified atom stereocenters. The SMILES string of the molecule is CC1=C[C@@]2(O[Si](C)(C)C)C(=O)c3cccc(OCc4ccccc4)c3[C@H]2C=C1O[Si](C)(C)C. The molecule has 2 aliphatic carbocycles. The van der Waals surface area contributed by atoms with Crippen molar-refractivity contribution in [3.8, 4) is 5.75 Å². The molecule has 2 aromatic carbocycles. The van der Waals surface area contributed by atoms with Crippen LogP contribution in [-0.4, -0.2) is 28.0 Å². The summed E-state index contributed by atoms with van der Waals surface area (Å²) in [7, 11) is -3.92. The summed E-state index contributed by atoms with van der Waals surface area (Å²) < 4.78 is 19.4. The molecular weight excluding hydrogens is 444 g/mol. The average molecular weight is 479 g/mol. The zero-order chi connectivity index (χ0) is 24.0. The first kappa shape index (κ1) is 23.7. The predicted molar refractivity (Wildman–Crippen MR) is 138 cm³/mol. The molecule has 2 atom stereocenters. The minimum absolute atomic E-state index is 0.0118. The van der Waals surface area contributed by atoms with Crippen LogP contribution in [0.15, 0.2) is 72.0 Å². The van der Waals surface area contributed by atoms with Gasteiger partial charge in [0.1, 0.15) is 23.7 Å². The summed E-state index contributed by atoms with van der Waals surface area (Å²) >= 11 is 0. The Morgan fingerprint density at radius 2 is 1.61 bits per heavy atom. The van der Waals surface area contributed by atoms with Gasteiger partial charge in [-0.1, -0.05) is 42.5 Å². The van der Waals surface area contributed by atoms with Crippen LogP contribution in [0.3, 0.4) is 0 Å². The van der Waals surface area contributed by atoms with Crippen molar-refractivity contribution >= 4 is 22.4 Å². The molecule has 0 fully saturated rings. The third kappa shape index (κ3) is 4.79. The van der Waals surface area contributed by atoms with Crippen molar-refractivity contribution in [3.63, 3.8) is 0 Å². The maximum atomic E-state index is 13.9. The number of hydrogen-bond acceptors (Lipinski definition) is 4. The molecule has 0 N–H and O–H groups in total. The minimum atomic E-state index is -2.08. The average Bonchev–Trinajstić information content (AvgIpc) is 2.94. The van der Waals surface area contributed by atoms with E-state index >= 15 is 0 Å². The van der Waals surface area contributed by atoms with Crippen LogP contribution in [0, 0.1) is 0 Å². The third-order valence-corrected chi connectivity index (χ3v) is 7.49. The molecule has 0 amide bonds. The second kappa shape index (κ2) is 8.42. The predicted octanol–water partition coefficient (Wildman–Crippen LogP) is 6.83. The standard InChI is InChI=1S/C27H34O4Si2/c1-19-17-27(31-33(5,6)7)22(16-24(19)30-32(2,3)4)25-21(26(27)28)14-11-15-23(25)29-18-20-12-9-8-10-13-20/h8-17,22H,18H2,1-7H3/t22-,27+/m1/s1. The van der Waals surface area contributed by atoms with Gasteiger partial charge in [-0.3, -0.25) is 4.79 Å². The van der Waals surface area contributed by atoms with E-state index in [1.807, 2.05) is 61.5 Å². The van der Waals surface area contributed by atoms with Crippen molar-refractivity contribution in [2.45, 2.75) is 64.3 Å². The molecule has 33 heavy (non-hydrogen) atoms. The fourth-order valence-electron chi connectivity index (χ4n) is 4.62. The second-order valence-corrected chi connectivity index (χ2v) is 19.7. The van der Waals surface area contributed by atoms with E-state index in [0.717, 1.165) is 28.2 Å². The van der Waals surface area contributed by atoms with E-state index in [1.165, 1.54) is 0 Å². The van der Waals surface area contributed by atoms with Gasteiger partial charge in [-0.25, -0.2) is 0 Å². The molecule has 4 rings (SSSR count). The lowest BCUT2D eigenvalue weighted by molar-refractivity contribution is 0.0581. The number of rotatable bonds is 7. The molecule has 4 nitrogen and oxygen atoms in total. The highest BCUT2D eigenvalue weighted by molar-refractivity contribution is 6.70. The first-order valence-corrected chi connectivity index (χ1v) is 18.4. The summed E-state index contributed by atoms with van der Waals surface area (Å²) in [5.41, 5.74) is 2.58. The van der Waals surface area contributed by atoms with E-state index in [9.17, 15) is 4.79 Å². The maximum Gasteiger partial charge on any atom is 0.242 e. The summed E-state index contributed by atoms with van der Waals surface area (Å²) in [6, 6.07) is 15.8. The van der Waals surface area contributed by atoms with Crippen LogP contribution in [-0.2, 0) is 15.5 Å². The normalized spacial score (nSPS) is 22.3. The van der Waals surface area contributed by atoms with Gasteiger partial charge >= 0.3 is 0 Å².